The van der Waals surface area contributed by atoms with Gasteiger partial charge in [-0.15, -0.1) is 0 Å². The predicted octanol–water partition coefficient (Wildman–Crippen LogP) is 2.04. The molecule has 5 nitrogen and oxygen atoms in total. The monoisotopic (exact) mass is 245 g/mol. The van der Waals surface area contributed by atoms with E-state index in [1.54, 1.807) is 11.0 Å². The number of benzene rings is 1. The second-order valence-electron chi connectivity index (χ2n) is 3.72. The van der Waals surface area contributed by atoms with Crippen LogP contribution in [0.4, 0.5) is 5.00 Å². The van der Waals surface area contributed by atoms with Gasteiger partial charge < -0.3 is 5.32 Å². The molecule has 0 bridgehead atoms. The highest BCUT2D eigenvalue weighted by atomic mass is 32.1. The number of fused-ring (bicyclic) bond motifs is 1. The van der Waals surface area contributed by atoms with Crippen LogP contribution in [0.2, 0.25) is 0 Å². The van der Waals surface area contributed by atoms with Crippen LogP contribution in [0.25, 0.3) is 10.9 Å². The zero-order valence-electron chi connectivity index (χ0n) is 9.29. The zero-order valence-corrected chi connectivity index (χ0v) is 10.1. The van der Waals surface area contributed by atoms with E-state index in [-0.39, 0.29) is 0 Å². The lowest BCUT2D eigenvalue weighted by molar-refractivity contribution is 0.747. The summed E-state index contributed by atoms with van der Waals surface area (Å²) in [5.74, 6) is 0.782. The molecular formula is C11H11N5S. The van der Waals surface area contributed by atoms with Crippen molar-refractivity contribution in [1.29, 1.82) is 0 Å². The summed E-state index contributed by atoms with van der Waals surface area (Å²) in [5.41, 5.74) is 1.02. The summed E-state index contributed by atoms with van der Waals surface area (Å²) in [6.07, 6.45) is 1.70. The molecule has 0 aliphatic rings. The first kappa shape index (κ1) is 10.2. The molecule has 0 radical (unpaired) electrons. The van der Waals surface area contributed by atoms with Crippen LogP contribution in [0.3, 0.4) is 0 Å². The smallest absolute Gasteiger partial charge is 0.169 e. The lowest BCUT2D eigenvalue weighted by Crippen LogP contribution is -2.01. The van der Waals surface area contributed by atoms with Crippen molar-refractivity contribution in [2.45, 2.75) is 6.54 Å². The fourth-order valence-corrected chi connectivity index (χ4v) is 2.40. The summed E-state index contributed by atoms with van der Waals surface area (Å²) >= 11 is 1.47. The van der Waals surface area contributed by atoms with E-state index in [2.05, 4.69) is 25.8 Å². The van der Waals surface area contributed by atoms with Gasteiger partial charge in [0.15, 0.2) is 5.82 Å². The summed E-state index contributed by atoms with van der Waals surface area (Å²) in [6.45, 7) is 0.618. The fraction of sp³-hybridized carbons (Fsp3) is 0.182. The Morgan fingerprint density at radius 3 is 3.06 bits per heavy atom. The Morgan fingerprint density at radius 2 is 2.24 bits per heavy atom. The first-order chi connectivity index (χ1) is 8.33. The normalized spacial score (nSPS) is 10.9. The molecule has 17 heavy (non-hydrogen) atoms. The second-order valence-corrected chi connectivity index (χ2v) is 4.49. The molecule has 0 aliphatic heterocycles. The quantitative estimate of drug-likeness (QED) is 0.767. The number of aryl methyl sites for hydroxylation is 1. The van der Waals surface area contributed by atoms with Crippen molar-refractivity contribution >= 4 is 27.4 Å². The molecule has 3 aromatic rings. The lowest BCUT2D eigenvalue weighted by atomic mass is 10.2. The summed E-state index contributed by atoms with van der Waals surface area (Å²) in [7, 11) is 1.86. The molecule has 0 atom stereocenters. The highest BCUT2D eigenvalue weighted by Gasteiger charge is 2.05. The maximum atomic E-state index is 4.37. The molecule has 0 spiro atoms. The van der Waals surface area contributed by atoms with E-state index < -0.39 is 0 Å². The first-order valence-corrected chi connectivity index (χ1v) is 6.03. The van der Waals surface area contributed by atoms with E-state index in [9.17, 15) is 0 Å². The SMILES string of the molecule is Cn1cnc(CNc2snc3ccccc23)n1. The fourth-order valence-electron chi connectivity index (χ4n) is 1.64. The third-order valence-electron chi connectivity index (χ3n) is 2.44. The van der Waals surface area contributed by atoms with Gasteiger partial charge in [0.2, 0.25) is 0 Å². The van der Waals surface area contributed by atoms with Crippen LogP contribution in [-0.2, 0) is 13.6 Å². The van der Waals surface area contributed by atoms with E-state index in [0.717, 1.165) is 21.7 Å². The van der Waals surface area contributed by atoms with E-state index in [1.807, 2.05) is 25.2 Å². The molecule has 86 valence electrons. The van der Waals surface area contributed by atoms with Crippen LogP contribution in [0.5, 0.6) is 0 Å². The molecule has 2 heterocycles. The minimum Gasteiger partial charge on any atom is -0.368 e. The maximum absolute atomic E-state index is 4.37. The van der Waals surface area contributed by atoms with Crippen LogP contribution >= 0.6 is 11.5 Å². The third kappa shape index (κ3) is 1.99. The van der Waals surface area contributed by atoms with E-state index in [1.165, 1.54) is 11.5 Å². The van der Waals surface area contributed by atoms with Gasteiger partial charge in [-0.05, 0) is 23.7 Å². The van der Waals surface area contributed by atoms with Gasteiger partial charge in [0.1, 0.15) is 11.3 Å². The topological polar surface area (TPSA) is 55.6 Å². The molecule has 0 aliphatic carbocycles. The summed E-state index contributed by atoms with van der Waals surface area (Å²) < 4.78 is 6.07. The first-order valence-electron chi connectivity index (χ1n) is 5.26. The predicted molar refractivity (Wildman–Crippen MR) is 67.9 cm³/mol. The minimum atomic E-state index is 0.618. The zero-order chi connectivity index (χ0) is 11.7. The van der Waals surface area contributed by atoms with Crippen LogP contribution in [-0.4, -0.2) is 19.1 Å². The van der Waals surface area contributed by atoms with Gasteiger partial charge in [-0.25, -0.2) is 4.98 Å². The Hall–Kier alpha value is -1.95. The number of nitrogens with zero attached hydrogens (tertiary/aromatic N) is 4. The Balaban J connectivity index is 1.81. The number of rotatable bonds is 3. The standard InChI is InChI=1S/C11H11N5S/c1-16-7-13-10(14-16)6-12-11-8-4-2-3-5-9(8)15-17-11/h2-5,7,12H,6H2,1H3. The third-order valence-corrected chi connectivity index (χ3v) is 3.27. The molecule has 0 fully saturated rings. The number of hydrogen-bond donors (Lipinski definition) is 1. The van der Waals surface area contributed by atoms with E-state index in [4.69, 9.17) is 0 Å². The molecule has 0 unspecified atom stereocenters. The lowest BCUT2D eigenvalue weighted by Gasteiger charge is -1.99. The van der Waals surface area contributed by atoms with Crippen LogP contribution in [0, 0.1) is 0 Å². The molecule has 2 aromatic heterocycles. The van der Waals surface area contributed by atoms with Crippen LogP contribution in [0.15, 0.2) is 30.6 Å². The van der Waals surface area contributed by atoms with Gasteiger partial charge in [0.25, 0.3) is 0 Å². The number of nitrogens with one attached hydrogen (secondary N) is 1. The van der Waals surface area contributed by atoms with Crippen molar-refractivity contribution in [2.24, 2.45) is 7.05 Å². The highest BCUT2D eigenvalue weighted by molar-refractivity contribution is 7.11. The van der Waals surface area contributed by atoms with Crippen molar-refractivity contribution in [3.05, 3.63) is 36.4 Å². The van der Waals surface area contributed by atoms with Gasteiger partial charge in [0, 0.05) is 12.4 Å². The summed E-state index contributed by atoms with van der Waals surface area (Å²) in [6, 6.07) is 8.08. The average Bonchev–Trinajstić information content (AvgIpc) is 2.93. The van der Waals surface area contributed by atoms with Crippen LogP contribution in [0.1, 0.15) is 5.82 Å². The average molecular weight is 245 g/mol. The van der Waals surface area contributed by atoms with Crippen molar-refractivity contribution in [1.82, 2.24) is 19.1 Å². The summed E-state index contributed by atoms with van der Waals surface area (Å²) in [5, 5.41) is 9.74. The number of aromatic nitrogens is 4. The molecule has 0 saturated carbocycles. The molecule has 3 rings (SSSR count). The molecule has 6 heteroatoms. The van der Waals surface area contributed by atoms with Crippen molar-refractivity contribution < 1.29 is 0 Å². The maximum Gasteiger partial charge on any atom is 0.169 e. The van der Waals surface area contributed by atoms with Gasteiger partial charge in [-0.1, -0.05) is 12.1 Å². The molecule has 0 saturated heterocycles. The molecular weight excluding hydrogens is 234 g/mol. The Bertz CT molecular complexity index is 642. The number of anilines is 1. The molecule has 0 amide bonds. The number of hydrogen-bond acceptors (Lipinski definition) is 5. The largest absolute Gasteiger partial charge is 0.368 e. The van der Waals surface area contributed by atoms with Crippen molar-refractivity contribution in [3.63, 3.8) is 0 Å². The Morgan fingerprint density at radius 1 is 1.35 bits per heavy atom. The van der Waals surface area contributed by atoms with Crippen LogP contribution < -0.4 is 5.32 Å². The minimum absolute atomic E-state index is 0.618. The van der Waals surface area contributed by atoms with Gasteiger partial charge in [-0.3, -0.25) is 4.68 Å². The van der Waals surface area contributed by atoms with Gasteiger partial charge in [0.05, 0.1) is 12.1 Å². The second kappa shape index (κ2) is 4.14. The van der Waals surface area contributed by atoms with Crippen molar-refractivity contribution in [3.8, 4) is 0 Å². The van der Waals surface area contributed by atoms with Gasteiger partial charge in [-0.2, -0.15) is 9.47 Å². The van der Waals surface area contributed by atoms with E-state index >= 15 is 0 Å². The molecule has 1 N–H and O–H groups in total. The molecule has 1 aromatic carbocycles. The Labute approximate surface area is 102 Å². The summed E-state index contributed by atoms with van der Waals surface area (Å²) in [4.78, 5) is 4.17. The highest BCUT2D eigenvalue weighted by Crippen LogP contribution is 2.27. The van der Waals surface area contributed by atoms with E-state index in [0.29, 0.717) is 6.54 Å². The van der Waals surface area contributed by atoms with Gasteiger partial charge >= 0.3 is 0 Å². The Kier molecular flexibility index (Phi) is 2.49. The van der Waals surface area contributed by atoms with Crippen molar-refractivity contribution in [2.75, 3.05) is 5.32 Å².